The van der Waals surface area contributed by atoms with E-state index >= 15 is 0 Å². The summed E-state index contributed by atoms with van der Waals surface area (Å²) in [4.78, 5) is 21.3. The topological polar surface area (TPSA) is 103 Å². The molecule has 1 heterocycles. The number of methoxy groups -OCH3 is 1. The van der Waals surface area contributed by atoms with Gasteiger partial charge in [-0.1, -0.05) is 27.7 Å². The van der Waals surface area contributed by atoms with E-state index in [1.807, 2.05) is 27.7 Å². The number of aromatic carboxylic acids is 1. The van der Waals surface area contributed by atoms with Crippen LogP contribution in [0.4, 0.5) is 5.69 Å². The van der Waals surface area contributed by atoms with Crippen LogP contribution in [0.25, 0.3) is 11.3 Å². The first-order valence-corrected chi connectivity index (χ1v) is 7.60. The third kappa shape index (κ3) is 4.84. The summed E-state index contributed by atoms with van der Waals surface area (Å²) in [5, 5.41) is 19.9. The van der Waals surface area contributed by atoms with Crippen molar-refractivity contribution in [3.8, 4) is 17.1 Å². The zero-order valence-corrected chi connectivity index (χ0v) is 14.7. The normalized spacial score (nSPS) is 9.08. The lowest BCUT2D eigenvalue weighted by Crippen LogP contribution is -1.97. The van der Waals surface area contributed by atoms with Gasteiger partial charge in [-0.3, -0.25) is 10.1 Å². The molecule has 1 aromatic heterocycles. The highest BCUT2D eigenvalue weighted by Crippen LogP contribution is 2.39. The van der Waals surface area contributed by atoms with Crippen LogP contribution in [0, 0.1) is 17.0 Å². The van der Waals surface area contributed by atoms with E-state index in [0.29, 0.717) is 11.1 Å². The Morgan fingerprint density at radius 3 is 2.21 bits per heavy atom. The Kier molecular flexibility index (Phi) is 8.86. The molecule has 0 unspecified atom stereocenters. The Morgan fingerprint density at radius 2 is 1.79 bits per heavy atom. The smallest absolute Gasteiger partial charge is 0.371 e. The predicted molar refractivity (Wildman–Crippen MR) is 91.7 cm³/mol. The molecule has 24 heavy (non-hydrogen) atoms. The van der Waals surface area contributed by atoms with Crippen molar-refractivity contribution in [3.05, 3.63) is 45.7 Å². The molecule has 0 aliphatic heterocycles. The van der Waals surface area contributed by atoms with E-state index in [9.17, 15) is 14.9 Å². The lowest BCUT2D eigenvalue weighted by Gasteiger charge is -2.08. The summed E-state index contributed by atoms with van der Waals surface area (Å²) in [5.74, 6) is -1.22. The fourth-order valence-electron chi connectivity index (χ4n) is 1.88. The minimum atomic E-state index is -1.21. The van der Waals surface area contributed by atoms with Crippen LogP contribution in [0.15, 0.2) is 28.7 Å². The number of hydrogen-bond acceptors (Lipinski definition) is 5. The summed E-state index contributed by atoms with van der Waals surface area (Å²) in [6.45, 7) is 9.69. The highest BCUT2D eigenvalue weighted by atomic mass is 16.6. The van der Waals surface area contributed by atoms with Crippen molar-refractivity contribution in [1.82, 2.24) is 0 Å². The van der Waals surface area contributed by atoms with Crippen LogP contribution >= 0.6 is 0 Å². The monoisotopic (exact) mass is 337 g/mol. The minimum Gasteiger partial charge on any atom is -0.490 e. The Hall–Kier alpha value is -2.83. The second-order valence-corrected chi connectivity index (χ2v) is 4.09. The van der Waals surface area contributed by atoms with Gasteiger partial charge in [-0.2, -0.15) is 0 Å². The molecule has 0 spiro atoms. The SMILES string of the molecule is CC.CC.COc1c(-c2ccc(C(=O)O)o2)cc(C)cc1[N+](=O)[O-]. The number of aryl methyl sites for hydroxylation is 1. The van der Waals surface area contributed by atoms with E-state index in [0.717, 1.165) is 0 Å². The Balaban J connectivity index is 0.00000123. The van der Waals surface area contributed by atoms with Crippen molar-refractivity contribution in [2.75, 3.05) is 7.11 Å². The van der Waals surface area contributed by atoms with Crippen LogP contribution in [0.1, 0.15) is 43.8 Å². The molecule has 0 amide bonds. The summed E-state index contributed by atoms with van der Waals surface area (Å²) >= 11 is 0. The molecule has 0 aliphatic carbocycles. The molecule has 0 saturated heterocycles. The van der Waals surface area contributed by atoms with Gasteiger partial charge in [0.1, 0.15) is 5.76 Å². The first kappa shape index (κ1) is 21.2. The minimum absolute atomic E-state index is 0.0342. The summed E-state index contributed by atoms with van der Waals surface area (Å²) in [6.07, 6.45) is 0. The second kappa shape index (κ2) is 10.0. The van der Waals surface area contributed by atoms with Crippen molar-refractivity contribution in [2.24, 2.45) is 0 Å². The van der Waals surface area contributed by atoms with Crippen molar-refractivity contribution in [3.63, 3.8) is 0 Å². The fourth-order valence-corrected chi connectivity index (χ4v) is 1.88. The maximum atomic E-state index is 11.0. The van der Waals surface area contributed by atoms with E-state index < -0.39 is 10.9 Å². The molecule has 0 bridgehead atoms. The number of carbonyl (C=O) groups is 1. The van der Waals surface area contributed by atoms with Gasteiger partial charge in [-0.15, -0.1) is 0 Å². The molecular formula is C17H23NO6. The molecule has 2 aromatic rings. The molecule has 7 nitrogen and oxygen atoms in total. The van der Waals surface area contributed by atoms with Gasteiger partial charge < -0.3 is 14.3 Å². The highest BCUT2D eigenvalue weighted by Gasteiger charge is 2.23. The molecule has 7 heteroatoms. The molecule has 0 saturated carbocycles. The van der Waals surface area contributed by atoms with E-state index in [1.165, 1.54) is 25.3 Å². The van der Waals surface area contributed by atoms with Crippen molar-refractivity contribution >= 4 is 11.7 Å². The number of nitro groups is 1. The van der Waals surface area contributed by atoms with Crippen LogP contribution in [0.2, 0.25) is 0 Å². The molecule has 0 atom stereocenters. The third-order valence-corrected chi connectivity index (χ3v) is 2.70. The molecule has 0 fully saturated rings. The maximum Gasteiger partial charge on any atom is 0.371 e. The lowest BCUT2D eigenvalue weighted by molar-refractivity contribution is -0.385. The van der Waals surface area contributed by atoms with Gasteiger partial charge in [0.15, 0.2) is 0 Å². The first-order valence-electron chi connectivity index (χ1n) is 7.60. The van der Waals surface area contributed by atoms with E-state index in [1.54, 1.807) is 13.0 Å². The second-order valence-electron chi connectivity index (χ2n) is 4.09. The molecule has 0 radical (unpaired) electrons. The Bertz CT molecular complexity index is 690. The lowest BCUT2D eigenvalue weighted by atomic mass is 10.1. The fraction of sp³-hybridized carbons (Fsp3) is 0.353. The van der Waals surface area contributed by atoms with Crippen LogP contribution in [0.5, 0.6) is 5.75 Å². The number of carboxylic acid groups (broad SMARTS) is 1. The van der Waals surface area contributed by atoms with Crippen LogP contribution in [-0.4, -0.2) is 23.1 Å². The number of carboxylic acids is 1. The largest absolute Gasteiger partial charge is 0.490 e. The molecule has 0 aliphatic rings. The third-order valence-electron chi connectivity index (χ3n) is 2.70. The molecular weight excluding hydrogens is 314 g/mol. The Morgan fingerprint density at radius 1 is 1.21 bits per heavy atom. The number of nitrogens with zero attached hydrogens (tertiary/aromatic N) is 1. The number of rotatable bonds is 4. The van der Waals surface area contributed by atoms with Crippen molar-refractivity contribution in [2.45, 2.75) is 34.6 Å². The quantitative estimate of drug-likeness (QED) is 0.627. The number of ether oxygens (including phenoxy) is 1. The average Bonchev–Trinajstić information content (AvgIpc) is 3.08. The van der Waals surface area contributed by atoms with Gasteiger partial charge in [0.25, 0.3) is 0 Å². The maximum absolute atomic E-state index is 11.0. The number of furan rings is 1. The van der Waals surface area contributed by atoms with E-state index in [2.05, 4.69) is 0 Å². The Labute approximate surface area is 141 Å². The van der Waals surface area contributed by atoms with Crippen LogP contribution in [-0.2, 0) is 0 Å². The highest BCUT2D eigenvalue weighted by molar-refractivity contribution is 5.85. The molecule has 1 N–H and O–H groups in total. The van der Waals surface area contributed by atoms with Gasteiger partial charge in [0.2, 0.25) is 11.5 Å². The standard InChI is InChI=1S/C13H11NO6.2C2H6/c1-7-5-8(10-3-4-11(20-10)13(15)16)12(19-2)9(6-7)14(17)18;2*1-2/h3-6H,1-2H3,(H,15,16);2*1-2H3. The van der Waals surface area contributed by atoms with E-state index in [-0.39, 0.29) is 23.0 Å². The first-order chi connectivity index (χ1) is 11.4. The van der Waals surface area contributed by atoms with Crippen molar-refractivity contribution < 1.29 is 24.0 Å². The number of hydrogen-bond donors (Lipinski definition) is 1. The average molecular weight is 337 g/mol. The summed E-state index contributed by atoms with van der Waals surface area (Å²) in [7, 11) is 1.31. The van der Waals surface area contributed by atoms with Crippen LogP contribution < -0.4 is 4.74 Å². The zero-order chi connectivity index (χ0) is 18.9. The summed E-state index contributed by atoms with van der Waals surface area (Å²) in [6, 6.07) is 5.73. The number of benzene rings is 1. The van der Waals surface area contributed by atoms with Crippen molar-refractivity contribution in [1.29, 1.82) is 0 Å². The van der Waals surface area contributed by atoms with Gasteiger partial charge in [0, 0.05) is 6.07 Å². The van der Waals surface area contributed by atoms with E-state index in [4.69, 9.17) is 14.3 Å². The molecule has 1 aromatic carbocycles. The van der Waals surface area contributed by atoms with Gasteiger partial charge in [-0.05, 0) is 30.7 Å². The summed E-state index contributed by atoms with van der Waals surface area (Å²) < 4.78 is 10.2. The predicted octanol–water partition coefficient (Wildman–Crippen LogP) is 4.92. The summed E-state index contributed by atoms with van der Waals surface area (Å²) in [5.41, 5.74) is 0.781. The van der Waals surface area contributed by atoms with Gasteiger partial charge in [0.05, 0.1) is 17.6 Å². The van der Waals surface area contributed by atoms with Gasteiger partial charge in [-0.25, -0.2) is 4.79 Å². The zero-order valence-electron chi connectivity index (χ0n) is 14.7. The molecule has 132 valence electrons. The molecule has 2 rings (SSSR count). The number of nitro benzene ring substituents is 1. The van der Waals surface area contributed by atoms with Gasteiger partial charge >= 0.3 is 11.7 Å². The van der Waals surface area contributed by atoms with Crippen LogP contribution in [0.3, 0.4) is 0 Å².